The molecule has 2 aromatic rings. The molecule has 0 saturated carbocycles. The number of hydrogen-bond donors (Lipinski definition) is 0. The maximum absolute atomic E-state index is 12.6. The lowest BCUT2D eigenvalue weighted by Crippen LogP contribution is -2.54. The van der Waals surface area contributed by atoms with Crippen molar-refractivity contribution in [3.63, 3.8) is 0 Å². The standard InChI is InChI=1S/C20H25NO3S/c1-3-6-17-9-11-20(12-10-17)25(22,23)21-13-19(14-21)24-15-18-8-5-4-7-16(18)2/h4-5,7-12,19H,3,6,13-15H2,1-2H3. The molecule has 2 aromatic carbocycles. The quantitative estimate of drug-likeness (QED) is 0.760. The van der Waals surface area contributed by atoms with Gasteiger partial charge in [-0.25, -0.2) is 8.42 Å². The van der Waals surface area contributed by atoms with Crippen LogP contribution in [0.5, 0.6) is 0 Å². The van der Waals surface area contributed by atoms with E-state index < -0.39 is 10.0 Å². The molecule has 0 N–H and O–H groups in total. The van der Waals surface area contributed by atoms with Crippen LogP contribution in [-0.2, 0) is 27.8 Å². The highest BCUT2D eigenvalue weighted by molar-refractivity contribution is 7.89. The van der Waals surface area contributed by atoms with Crippen LogP contribution < -0.4 is 0 Å². The van der Waals surface area contributed by atoms with Crippen molar-refractivity contribution in [3.8, 4) is 0 Å². The van der Waals surface area contributed by atoms with Gasteiger partial charge in [0.1, 0.15) is 0 Å². The van der Waals surface area contributed by atoms with Crippen molar-refractivity contribution in [3.05, 3.63) is 65.2 Å². The van der Waals surface area contributed by atoms with Crippen molar-refractivity contribution in [2.45, 2.75) is 44.3 Å². The first-order valence-corrected chi connectivity index (χ1v) is 10.2. The molecule has 134 valence electrons. The summed E-state index contributed by atoms with van der Waals surface area (Å²) in [6.45, 7) is 5.53. The fraction of sp³-hybridized carbons (Fsp3) is 0.400. The number of benzene rings is 2. The maximum Gasteiger partial charge on any atom is 0.243 e. The molecule has 0 spiro atoms. The smallest absolute Gasteiger partial charge is 0.243 e. The highest BCUT2D eigenvalue weighted by atomic mass is 32.2. The van der Waals surface area contributed by atoms with Crippen molar-refractivity contribution in [2.24, 2.45) is 0 Å². The zero-order valence-corrected chi connectivity index (χ0v) is 15.6. The van der Waals surface area contributed by atoms with Crippen LogP contribution in [0.15, 0.2) is 53.4 Å². The van der Waals surface area contributed by atoms with E-state index in [1.54, 1.807) is 12.1 Å². The third-order valence-corrected chi connectivity index (χ3v) is 6.50. The monoisotopic (exact) mass is 359 g/mol. The van der Waals surface area contributed by atoms with Crippen LogP contribution in [0.25, 0.3) is 0 Å². The van der Waals surface area contributed by atoms with Gasteiger partial charge in [0.05, 0.1) is 17.6 Å². The minimum atomic E-state index is -3.40. The molecular weight excluding hydrogens is 334 g/mol. The summed E-state index contributed by atoms with van der Waals surface area (Å²) in [5.74, 6) is 0. The SMILES string of the molecule is CCCc1ccc(S(=O)(=O)N2CC(OCc3ccccc3C)C2)cc1. The maximum atomic E-state index is 12.6. The first-order chi connectivity index (χ1) is 12.0. The zero-order valence-electron chi connectivity index (χ0n) is 14.8. The molecule has 0 aliphatic carbocycles. The number of rotatable bonds is 7. The number of sulfonamides is 1. The normalized spacial score (nSPS) is 15.9. The Morgan fingerprint density at radius 2 is 1.76 bits per heavy atom. The van der Waals surface area contributed by atoms with Crippen molar-refractivity contribution in [2.75, 3.05) is 13.1 Å². The Labute approximate surface area is 150 Å². The third-order valence-electron chi connectivity index (χ3n) is 4.65. The molecule has 1 heterocycles. The minimum absolute atomic E-state index is 0.0336. The van der Waals surface area contributed by atoms with E-state index in [0.29, 0.717) is 24.6 Å². The fourth-order valence-corrected chi connectivity index (χ4v) is 4.45. The Hall–Kier alpha value is -1.69. The van der Waals surface area contributed by atoms with Gasteiger partial charge in [-0.1, -0.05) is 49.7 Å². The first kappa shape index (κ1) is 18.1. The van der Waals surface area contributed by atoms with Crippen molar-refractivity contribution in [1.29, 1.82) is 0 Å². The van der Waals surface area contributed by atoms with Crippen LogP contribution in [0.1, 0.15) is 30.0 Å². The predicted octanol–water partition coefficient (Wildman–Crippen LogP) is 3.54. The average molecular weight is 359 g/mol. The minimum Gasteiger partial charge on any atom is -0.371 e. The van der Waals surface area contributed by atoms with E-state index in [1.807, 2.05) is 30.3 Å². The lowest BCUT2D eigenvalue weighted by Gasteiger charge is -2.37. The molecule has 0 unspecified atom stereocenters. The van der Waals surface area contributed by atoms with Crippen LogP contribution >= 0.6 is 0 Å². The van der Waals surface area contributed by atoms with E-state index in [9.17, 15) is 8.42 Å². The van der Waals surface area contributed by atoms with Crippen LogP contribution in [0.2, 0.25) is 0 Å². The molecule has 0 atom stereocenters. The van der Waals surface area contributed by atoms with E-state index >= 15 is 0 Å². The molecule has 3 rings (SSSR count). The van der Waals surface area contributed by atoms with Gasteiger partial charge < -0.3 is 4.74 Å². The number of aryl methyl sites for hydroxylation is 2. The molecule has 1 aliphatic heterocycles. The molecule has 0 amide bonds. The summed E-state index contributed by atoms with van der Waals surface area (Å²) in [4.78, 5) is 0.365. The summed E-state index contributed by atoms with van der Waals surface area (Å²) in [5.41, 5.74) is 3.51. The van der Waals surface area contributed by atoms with E-state index in [-0.39, 0.29) is 6.10 Å². The molecule has 5 heteroatoms. The Morgan fingerprint density at radius 3 is 2.40 bits per heavy atom. The average Bonchev–Trinajstić information content (AvgIpc) is 2.55. The van der Waals surface area contributed by atoms with Gasteiger partial charge in [-0.3, -0.25) is 0 Å². The second-order valence-corrected chi connectivity index (χ2v) is 8.51. The Morgan fingerprint density at radius 1 is 1.08 bits per heavy atom. The van der Waals surface area contributed by atoms with Gasteiger partial charge in [0.25, 0.3) is 0 Å². The van der Waals surface area contributed by atoms with Gasteiger partial charge in [0, 0.05) is 13.1 Å². The zero-order chi connectivity index (χ0) is 17.9. The third kappa shape index (κ3) is 4.11. The van der Waals surface area contributed by atoms with Gasteiger partial charge in [0.15, 0.2) is 0 Å². The summed E-state index contributed by atoms with van der Waals surface area (Å²) < 4.78 is 32.6. The lowest BCUT2D eigenvalue weighted by atomic mass is 10.1. The van der Waals surface area contributed by atoms with Gasteiger partial charge in [-0.15, -0.1) is 0 Å². The lowest BCUT2D eigenvalue weighted by molar-refractivity contribution is -0.0297. The molecule has 25 heavy (non-hydrogen) atoms. The van der Waals surface area contributed by atoms with Crippen molar-refractivity contribution in [1.82, 2.24) is 4.31 Å². The fourth-order valence-electron chi connectivity index (χ4n) is 2.95. The van der Waals surface area contributed by atoms with Gasteiger partial charge in [-0.05, 0) is 42.2 Å². The molecule has 1 aliphatic rings. The summed E-state index contributed by atoms with van der Waals surface area (Å²) in [6.07, 6.45) is 1.99. The molecule has 0 aromatic heterocycles. The second kappa shape index (κ2) is 7.68. The van der Waals surface area contributed by atoms with Gasteiger partial charge in [0.2, 0.25) is 10.0 Å². The van der Waals surface area contributed by atoms with E-state index in [0.717, 1.165) is 18.4 Å². The Balaban J connectivity index is 1.55. The number of hydrogen-bond acceptors (Lipinski definition) is 3. The van der Waals surface area contributed by atoms with Crippen LogP contribution in [0, 0.1) is 6.92 Å². The summed E-state index contributed by atoms with van der Waals surface area (Å²) >= 11 is 0. The summed E-state index contributed by atoms with van der Waals surface area (Å²) in [7, 11) is -3.40. The highest BCUT2D eigenvalue weighted by Gasteiger charge is 2.37. The van der Waals surface area contributed by atoms with Crippen LogP contribution in [-0.4, -0.2) is 31.9 Å². The van der Waals surface area contributed by atoms with Crippen LogP contribution in [0.4, 0.5) is 0 Å². The summed E-state index contributed by atoms with van der Waals surface area (Å²) in [6, 6.07) is 15.3. The molecule has 4 nitrogen and oxygen atoms in total. The van der Waals surface area contributed by atoms with Crippen LogP contribution in [0.3, 0.4) is 0 Å². The highest BCUT2D eigenvalue weighted by Crippen LogP contribution is 2.24. The molecule has 0 bridgehead atoms. The Bertz CT molecular complexity index is 809. The Kier molecular flexibility index (Phi) is 5.57. The summed E-state index contributed by atoms with van der Waals surface area (Å²) in [5, 5.41) is 0. The topological polar surface area (TPSA) is 46.6 Å². The van der Waals surface area contributed by atoms with Gasteiger partial charge in [-0.2, -0.15) is 4.31 Å². The predicted molar refractivity (Wildman–Crippen MR) is 99.0 cm³/mol. The van der Waals surface area contributed by atoms with E-state index in [2.05, 4.69) is 19.9 Å². The number of nitrogens with zero attached hydrogens (tertiary/aromatic N) is 1. The van der Waals surface area contributed by atoms with E-state index in [1.165, 1.54) is 15.4 Å². The first-order valence-electron chi connectivity index (χ1n) is 8.76. The van der Waals surface area contributed by atoms with Crippen molar-refractivity contribution < 1.29 is 13.2 Å². The molecule has 0 radical (unpaired) electrons. The molecule has 1 fully saturated rings. The van der Waals surface area contributed by atoms with Gasteiger partial charge >= 0.3 is 0 Å². The molecular formula is C20H25NO3S. The largest absolute Gasteiger partial charge is 0.371 e. The molecule has 1 saturated heterocycles. The van der Waals surface area contributed by atoms with Crippen molar-refractivity contribution >= 4 is 10.0 Å². The van der Waals surface area contributed by atoms with E-state index in [4.69, 9.17) is 4.74 Å². The second-order valence-electron chi connectivity index (χ2n) is 6.58. The number of ether oxygens (including phenoxy) is 1.